The summed E-state index contributed by atoms with van der Waals surface area (Å²) in [6, 6.07) is 0. The van der Waals surface area contributed by atoms with Gasteiger partial charge in [-0.25, -0.2) is 12.8 Å². The Morgan fingerprint density at radius 3 is 2.13 bits per heavy atom. The third-order valence-electron chi connectivity index (χ3n) is 1.76. The summed E-state index contributed by atoms with van der Waals surface area (Å²) in [5.74, 6) is 0. The predicted molar refractivity (Wildman–Crippen MR) is 43.7 cm³/mol. The van der Waals surface area contributed by atoms with Crippen LogP contribution in [-0.4, -0.2) is 24.4 Å². The average Bonchev–Trinajstić information content (AvgIpc) is 2.02. The molecule has 3 nitrogen and oxygen atoms in total. The third-order valence-corrected chi connectivity index (χ3v) is 2.68. The molecule has 8 heteroatoms. The molecule has 15 heavy (non-hydrogen) atoms. The smallest absolute Gasteiger partial charge is 0.743 e. The molecule has 0 bridgehead atoms. The van der Waals surface area contributed by atoms with Gasteiger partial charge in [0.05, 0.1) is 0 Å². The molecule has 0 aliphatic rings. The van der Waals surface area contributed by atoms with Crippen molar-refractivity contribution in [1.29, 1.82) is 0 Å². The summed E-state index contributed by atoms with van der Waals surface area (Å²) >= 11 is 0. The van der Waals surface area contributed by atoms with Crippen LogP contribution in [0.1, 0.15) is 32.6 Å². The number of alkyl halides is 3. The van der Waals surface area contributed by atoms with Crippen molar-refractivity contribution >= 4 is 10.1 Å². The number of halogens is 3. The van der Waals surface area contributed by atoms with E-state index in [0.717, 1.165) is 0 Å². The predicted octanol–water partition coefficient (Wildman–Crippen LogP) is -0.953. The van der Waals surface area contributed by atoms with Crippen LogP contribution in [0.15, 0.2) is 0 Å². The average molecular weight is 256 g/mol. The zero-order valence-corrected chi connectivity index (χ0v) is 11.5. The van der Waals surface area contributed by atoms with E-state index >= 15 is 0 Å². The molecule has 0 aliphatic heterocycles. The molecule has 0 aromatic carbocycles. The van der Waals surface area contributed by atoms with Crippen molar-refractivity contribution in [3.63, 3.8) is 0 Å². The Hall–Kier alpha value is 0.700. The maximum atomic E-state index is 12.7. The SMILES string of the molecule is CCCCCC(F)C(F)(F)S(=O)(=O)[O-].[Na+]. The molecule has 0 fully saturated rings. The van der Waals surface area contributed by atoms with Crippen LogP contribution in [0.25, 0.3) is 0 Å². The zero-order chi connectivity index (χ0) is 11.4. The monoisotopic (exact) mass is 256 g/mol. The van der Waals surface area contributed by atoms with Gasteiger partial charge in [-0.15, -0.1) is 0 Å². The van der Waals surface area contributed by atoms with Crippen molar-refractivity contribution < 1.29 is 55.7 Å². The summed E-state index contributed by atoms with van der Waals surface area (Å²) in [4.78, 5) is 0. The molecule has 0 aromatic rings. The van der Waals surface area contributed by atoms with Crippen LogP contribution in [0.4, 0.5) is 13.2 Å². The first-order valence-electron chi connectivity index (χ1n) is 4.20. The van der Waals surface area contributed by atoms with Crippen molar-refractivity contribution in [1.82, 2.24) is 0 Å². The Morgan fingerprint density at radius 1 is 1.33 bits per heavy atom. The van der Waals surface area contributed by atoms with Crippen LogP contribution in [0, 0.1) is 0 Å². The van der Waals surface area contributed by atoms with E-state index in [4.69, 9.17) is 0 Å². The molecule has 0 saturated carbocycles. The summed E-state index contributed by atoms with van der Waals surface area (Å²) in [5.41, 5.74) is 0. The molecule has 0 aliphatic carbocycles. The molecule has 1 atom stereocenters. The van der Waals surface area contributed by atoms with Crippen LogP contribution in [0.2, 0.25) is 0 Å². The Labute approximate surface area is 109 Å². The maximum absolute atomic E-state index is 12.7. The van der Waals surface area contributed by atoms with E-state index < -0.39 is 28.0 Å². The maximum Gasteiger partial charge on any atom is 1.00 e. The van der Waals surface area contributed by atoms with Gasteiger partial charge in [-0.05, 0) is 6.42 Å². The van der Waals surface area contributed by atoms with E-state index in [1.54, 1.807) is 6.92 Å². The quantitative estimate of drug-likeness (QED) is 0.350. The van der Waals surface area contributed by atoms with Crippen molar-refractivity contribution in [2.45, 2.75) is 44.0 Å². The molecule has 0 heterocycles. The topological polar surface area (TPSA) is 57.2 Å². The largest absolute Gasteiger partial charge is 1.00 e. The molecule has 86 valence electrons. The molecule has 0 N–H and O–H groups in total. The van der Waals surface area contributed by atoms with E-state index in [1.165, 1.54) is 0 Å². The fourth-order valence-electron chi connectivity index (χ4n) is 0.898. The van der Waals surface area contributed by atoms with E-state index in [2.05, 4.69) is 0 Å². The van der Waals surface area contributed by atoms with Gasteiger partial charge in [0.25, 0.3) is 0 Å². The fraction of sp³-hybridized carbons (Fsp3) is 1.00. The standard InChI is InChI=1S/C7H13F3O3S.Na/c1-2-3-4-5-6(8)7(9,10)14(11,12)13;/h6H,2-5H2,1H3,(H,11,12,13);/q;+1/p-1. The fourth-order valence-corrected chi connectivity index (χ4v) is 1.33. The zero-order valence-electron chi connectivity index (χ0n) is 8.67. The number of hydrogen-bond donors (Lipinski definition) is 0. The number of unbranched alkanes of at least 4 members (excludes halogenated alkanes) is 2. The van der Waals surface area contributed by atoms with Gasteiger partial charge in [-0.2, -0.15) is 8.78 Å². The molecule has 0 aromatic heterocycles. The second-order valence-electron chi connectivity index (χ2n) is 2.98. The molecular formula is C7H12F3NaO3S. The third kappa shape index (κ3) is 5.53. The second kappa shape index (κ2) is 7.11. The van der Waals surface area contributed by atoms with Gasteiger partial charge in [-0.1, -0.05) is 26.2 Å². The molecular weight excluding hydrogens is 244 g/mol. The summed E-state index contributed by atoms with van der Waals surface area (Å²) in [5, 5.41) is -4.80. The number of hydrogen-bond acceptors (Lipinski definition) is 3. The van der Waals surface area contributed by atoms with Gasteiger partial charge in [0.1, 0.15) is 0 Å². The molecule has 0 saturated heterocycles. The second-order valence-corrected chi connectivity index (χ2v) is 4.43. The Kier molecular flexibility index (Phi) is 8.57. The van der Waals surface area contributed by atoms with Gasteiger partial charge >= 0.3 is 34.8 Å². The van der Waals surface area contributed by atoms with Gasteiger partial charge in [0.15, 0.2) is 16.3 Å². The molecule has 0 spiro atoms. The molecule has 0 amide bonds. The minimum absolute atomic E-state index is 0. The van der Waals surface area contributed by atoms with Crippen molar-refractivity contribution in [2.75, 3.05) is 0 Å². The van der Waals surface area contributed by atoms with Gasteiger partial charge in [0, 0.05) is 0 Å². The molecule has 1 unspecified atom stereocenters. The van der Waals surface area contributed by atoms with E-state index in [-0.39, 0.29) is 36.0 Å². The van der Waals surface area contributed by atoms with Crippen LogP contribution in [0.3, 0.4) is 0 Å². The Balaban J connectivity index is 0. The van der Waals surface area contributed by atoms with Crippen molar-refractivity contribution in [3.05, 3.63) is 0 Å². The van der Waals surface area contributed by atoms with E-state index in [1.807, 2.05) is 0 Å². The molecule has 0 radical (unpaired) electrons. The minimum atomic E-state index is -5.90. The van der Waals surface area contributed by atoms with Crippen LogP contribution < -0.4 is 29.6 Å². The summed E-state index contributed by atoms with van der Waals surface area (Å²) in [6.45, 7) is 1.79. The number of rotatable bonds is 6. The first-order chi connectivity index (χ1) is 6.23. The normalized spacial score (nSPS) is 14.5. The van der Waals surface area contributed by atoms with Gasteiger partial charge in [-0.3, -0.25) is 0 Å². The van der Waals surface area contributed by atoms with E-state index in [0.29, 0.717) is 12.8 Å². The summed E-state index contributed by atoms with van der Waals surface area (Å²) in [6.07, 6.45) is -2.15. The van der Waals surface area contributed by atoms with Crippen molar-refractivity contribution in [3.8, 4) is 0 Å². The van der Waals surface area contributed by atoms with Gasteiger partial charge < -0.3 is 4.55 Å². The van der Waals surface area contributed by atoms with Crippen LogP contribution in [0.5, 0.6) is 0 Å². The first kappa shape index (κ1) is 18.1. The molecule has 0 rings (SSSR count). The first-order valence-corrected chi connectivity index (χ1v) is 5.61. The van der Waals surface area contributed by atoms with Crippen LogP contribution in [-0.2, 0) is 10.1 Å². The summed E-state index contributed by atoms with van der Waals surface area (Å²) < 4.78 is 67.6. The van der Waals surface area contributed by atoms with E-state index in [9.17, 15) is 26.1 Å². The van der Waals surface area contributed by atoms with Crippen molar-refractivity contribution in [2.24, 2.45) is 0 Å². The summed E-state index contributed by atoms with van der Waals surface area (Å²) in [7, 11) is -5.90. The Bertz CT molecular complexity index is 269. The van der Waals surface area contributed by atoms with Crippen LogP contribution >= 0.6 is 0 Å². The Morgan fingerprint density at radius 2 is 1.80 bits per heavy atom. The minimum Gasteiger partial charge on any atom is -0.743 e. The van der Waals surface area contributed by atoms with Gasteiger partial charge in [0.2, 0.25) is 0 Å².